The summed E-state index contributed by atoms with van der Waals surface area (Å²) < 4.78 is 0. The zero-order chi connectivity index (χ0) is 9.14. The molecule has 0 bridgehead atoms. The highest BCUT2D eigenvalue weighted by Gasteiger charge is 2.26. The van der Waals surface area contributed by atoms with Crippen LogP contribution in [0.4, 0.5) is 0 Å². The molecule has 0 heterocycles. The topological polar surface area (TPSA) is 3.24 Å². The lowest BCUT2D eigenvalue weighted by molar-refractivity contribution is 0.115. The second kappa shape index (κ2) is 4.27. The van der Waals surface area contributed by atoms with Crippen LogP contribution in [0, 0.1) is 0 Å². The molecule has 0 aromatic heterocycles. The quantitative estimate of drug-likeness (QED) is 0.627. The molecule has 1 heteroatoms. The Hall–Kier alpha value is -0.0400. The first kappa shape index (κ1) is 10.0. The molecule has 0 N–H and O–H groups in total. The van der Waals surface area contributed by atoms with Gasteiger partial charge in [-0.1, -0.05) is 12.8 Å². The van der Waals surface area contributed by atoms with Crippen molar-refractivity contribution in [2.24, 2.45) is 0 Å². The third kappa shape index (κ3) is 2.22. The highest BCUT2D eigenvalue weighted by molar-refractivity contribution is 4.81. The van der Waals surface area contributed by atoms with Crippen molar-refractivity contribution in [3.8, 4) is 0 Å². The van der Waals surface area contributed by atoms with Gasteiger partial charge in [-0.15, -0.1) is 0 Å². The van der Waals surface area contributed by atoms with Gasteiger partial charge in [-0.2, -0.15) is 0 Å². The Morgan fingerprint density at radius 2 is 1.33 bits per heavy atom. The van der Waals surface area contributed by atoms with Gasteiger partial charge in [-0.3, -0.25) is 4.90 Å². The van der Waals surface area contributed by atoms with E-state index in [2.05, 4.69) is 32.6 Å². The summed E-state index contributed by atoms with van der Waals surface area (Å²) in [7, 11) is 0. The Labute approximate surface area is 77.1 Å². The average Bonchev–Trinajstić information content (AvgIpc) is 2.37. The van der Waals surface area contributed by atoms with Gasteiger partial charge in [0.15, 0.2) is 0 Å². The molecular formula is C11H23N. The summed E-state index contributed by atoms with van der Waals surface area (Å²) >= 11 is 0. The van der Waals surface area contributed by atoms with Gasteiger partial charge in [0.25, 0.3) is 0 Å². The standard InChI is InChI=1S/C11H23N/c1-9(2)12(10(3)4)11-7-5-6-8-11/h9-11H,5-8H2,1-4H3. The zero-order valence-corrected chi connectivity index (χ0v) is 9.01. The summed E-state index contributed by atoms with van der Waals surface area (Å²) in [5.74, 6) is 0. The molecule has 1 fully saturated rings. The molecule has 1 aliphatic rings. The molecule has 12 heavy (non-hydrogen) atoms. The molecule has 0 atom stereocenters. The summed E-state index contributed by atoms with van der Waals surface area (Å²) in [6.45, 7) is 9.27. The van der Waals surface area contributed by atoms with Crippen LogP contribution in [0.2, 0.25) is 0 Å². The van der Waals surface area contributed by atoms with Crippen LogP contribution in [0.1, 0.15) is 53.4 Å². The number of rotatable bonds is 3. The first-order chi connectivity index (χ1) is 5.63. The second-order valence-electron chi connectivity index (χ2n) is 4.57. The number of hydrogen-bond donors (Lipinski definition) is 0. The third-order valence-electron chi connectivity index (χ3n) is 2.94. The van der Waals surface area contributed by atoms with Crippen LogP contribution >= 0.6 is 0 Å². The van der Waals surface area contributed by atoms with Gasteiger partial charge < -0.3 is 0 Å². The van der Waals surface area contributed by atoms with Crippen LogP contribution in [0.3, 0.4) is 0 Å². The minimum absolute atomic E-state index is 0.716. The van der Waals surface area contributed by atoms with Crippen LogP contribution in [-0.4, -0.2) is 23.0 Å². The molecule has 1 rings (SSSR count). The van der Waals surface area contributed by atoms with Gasteiger partial charge in [0.1, 0.15) is 0 Å². The van der Waals surface area contributed by atoms with Crippen LogP contribution in [0.25, 0.3) is 0 Å². The largest absolute Gasteiger partial charge is 0.296 e. The van der Waals surface area contributed by atoms with Crippen LogP contribution in [0.5, 0.6) is 0 Å². The third-order valence-corrected chi connectivity index (χ3v) is 2.94. The molecule has 0 aromatic rings. The highest BCUT2D eigenvalue weighted by Crippen LogP contribution is 2.26. The van der Waals surface area contributed by atoms with Crippen molar-refractivity contribution < 1.29 is 0 Å². The maximum absolute atomic E-state index is 2.67. The molecule has 0 saturated heterocycles. The van der Waals surface area contributed by atoms with E-state index in [1.165, 1.54) is 25.7 Å². The summed E-state index contributed by atoms with van der Waals surface area (Å²) in [5.41, 5.74) is 0. The average molecular weight is 169 g/mol. The monoisotopic (exact) mass is 169 g/mol. The smallest absolute Gasteiger partial charge is 0.0101 e. The summed E-state index contributed by atoms with van der Waals surface area (Å²) in [6, 6.07) is 2.31. The van der Waals surface area contributed by atoms with Crippen molar-refractivity contribution in [3.05, 3.63) is 0 Å². The molecule has 72 valence electrons. The highest BCUT2D eigenvalue weighted by atomic mass is 15.2. The maximum Gasteiger partial charge on any atom is 0.0101 e. The molecule has 0 radical (unpaired) electrons. The summed E-state index contributed by atoms with van der Waals surface area (Å²) in [4.78, 5) is 2.67. The fraction of sp³-hybridized carbons (Fsp3) is 1.00. The zero-order valence-electron chi connectivity index (χ0n) is 9.01. The number of hydrogen-bond acceptors (Lipinski definition) is 1. The van der Waals surface area contributed by atoms with Gasteiger partial charge in [0.2, 0.25) is 0 Å². The van der Waals surface area contributed by atoms with Crippen LogP contribution in [0.15, 0.2) is 0 Å². The Morgan fingerprint density at radius 3 is 1.67 bits per heavy atom. The minimum Gasteiger partial charge on any atom is -0.296 e. The van der Waals surface area contributed by atoms with E-state index in [9.17, 15) is 0 Å². The van der Waals surface area contributed by atoms with Gasteiger partial charge in [-0.05, 0) is 40.5 Å². The fourth-order valence-electron chi connectivity index (χ4n) is 2.64. The van der Waals surface area contributed by atoms with Crippen molar-refractivity contribution >= 4 is 0 Å². The van der Waals surface area contributed by atoms with Gasteiger partial charge in [0, 0.05) is 18.1 Å². The van der Waals surface area contributed by atoms with Crippen molar-refractivity contribution in [1.82, 2.24) is 4.90 Å². The van der Waals surface area contributed by atoms with Gasteiger partial charge >= 0.3 is 0 Å². The normalized spacial score (nSPS) is 20.2. The molecule has 0 spiro atoms. The summed E-state index contributed by atoms with van der Waals surface area (Å²) in [5, 5.41) is 0. The first-order valence-electron chi connectivity index (χ1n) is 5.40. The van der Waals surface area contributed by atoms with Crippen molar-refractivity contribution in [1.29, 1.82) is 0 Å². The Balaban J connectivity index is 2.52. The van der Waals surface area contributed by atoms with E-state index in [0.717, 1.165) is 6.04 Å². The predicted molar refractivity (Wildman–Crippen MR) is 54.4 cm³/mol. The summed E-state index contributed by atoms with van der Waals surface area (Å²) in [6.07, 6.45) is 5.74. The van der Waals surface area contributed by atoms with E-state index >= 15 is 0 Å². The maximum atomic E-state index is 2.67. The Kier molecular flexibility index (Phi) is 3.57. The lowest BCUT2D eigenvalue weighted by atomic mass is 10.1. The first-order valence-corrected chi connectivity index (χ1v) is 5.40. The van der Waals surface area contributed by atoms with E-state index in [1.807, 2.05) is 0 Å². The molecule has 1 saturated carbocycles. The van der Waals surface area contributed by atoms with Crippen molar-refractivity contribution in [3.63, 3.8) is 0 Å². The molecule has 0 aromatic carbocycles. The Morgan fingerprint density at radius 1 is 0.917 bits per heavy atom. The van der Waals surface area contributed by atoms with E-state index < -0.39 is 0 Å². The lowest BCUT2D eigenvalue weighted by Crippen LogP contribution is -2.43. The van der Waals surface area contributed by atoms with E-state index in [0.29, 0.717) is 12.1 Å². The second-order valence-corrected chi connectivity index (χ2v) is 4.57. The van der Waals surface area contributed by atoms with Gasteiger partial charge in [0.05, 0.1) is 0 Å². The molecule has 0 unspecified atom stereocenters. The molecule has 0 aliphatic heterocycles. The molecule has 1 aliphatic carbocycles. The lowest BCUT2D eigenvalue weighted by Gasteiger charge is -2.36. The van der Waals surface area contributed by atoms with E-state index in [-0.39, 0.29) is 0 Å². The fourth-order valence-corrected chi connectivity index (χ4v) is 2.64. The minimum atomic E-state index is 0.716. The van der Waals surface area contributed by atoms with Gasteiger partial charge in [-0.25, -0.2) is 0 Å². The van der Waals surface area contributed by atoms with E-state index in [4.69, 9.17) is 0 Å². The van der Waals surface area contributed by atoms with Crippen LogP contribution < -0.4 is 0 Å². The number of nitrogens with zero attached hydrogens (tertiary/aromatic N) is 1. The van der Waals surface area contributed by atoms with Crippen LogP contribution in [-0.2, 0) is 0 Å². The predicted octanol–water partition coefficient (Wildman–Crippen LogP) is 3.05. The molecule has 1 nitrogen and oxygen atoms in total. The van der Waals surface area contributed by atoms with Crippen molar-refractivity contribution in [2.75, 3.05) is 0 Å². The van der Waals surface area contributed by atoms with E-state index in [1.54, 1.807) is 0 Å². The van der Waals surface area contributed by atoms with Crippen molar-refractivity contribution in [2.45, 2.75) is 71.5 Å². The SMILES string of the molecule is CC(C)N(C(C)C)C1CCCC1. The Bertz CT molecular complexity index is 115. The molecular weight excluding hydrogens is 146 g/mol. The molecule has 0 amide bonds.